The Morgan fingerprint density at radius 2 is 2.06 bits per heavy atom. The molecule has 6 nitrogen and oxygen atoms in total. The van der Waals surface area contributed by atoms with E-state index in [1.54, 1.807) is 29.1 Å². The lowest BCUT2D eigenvalue weighted by atomic mass is 10.1. The van der Waals surface area contributed by atoms with Crippen LogP contribution >= 0.6 is 23.1 Å². The molecule has 0 fully saturated rings. The number of hydrogen-bond donors (Lipinski definition) is 1. The fourth-order valence-corrected chi connectivity index (χ4v) is 5.37. The molecular formula is C23H29N3O3S2. The van der Waals surface area contributed by atoms with Crippen LogP contribution in [0.4, 0.5) is 0 Å². The zero-order valence-electron chi connectivity index (χ0n) is 19.0. The molecule has 2 aromatic heterocycles. The number of carbonyl (C=O) groups is 1. The molecule has 3 aromatic rings. The molecule has 0 radical (unpaired) electrons. The van der Waals surface area contributed by atoms with Gasteiger partial charge in [0.05, 0.1) is 23.4 Å². The van der Waals surface area contributed by atoms with Crippen LogP contribution in [0.25, 0.3) is 15.9 Å². The Balaban J connectivity index is 2.18. The van der Waals surface area contributed by atoms with Crippen LogP contribution in [-0.4, -0.2) is 33.4 Å². The van der Waals surface area contributed by atoms with Crippen LogP contribution in [0.5, 0.6) is 5.75 Å². The highest BCUT2D eigenvalue weighted by molar-refractivity contribution is 8.00. The first-order valence-corrected chi connectivity index (χ1v) is 11.9. The van der Waals surface area contributed by atoms with E-state index in [9.17, 15) is 9.59 Å². The fraction of sp³-hybridized carbons (Fsp3) is 0.435. The van der Waals surface area contributed by atoms with Crippen molar-refractivity contribution in [2.24, 2.45) is 0 Å². The number of ether oxygens (including phenoxy) is 1. The second-order valence-electron chi connectivity index (χ2n) is 8.42. The number of thiophene rings is 1. The summed E-state index contributed by atoms with van der Waals surface area (Å²) in [6.07, 6.45) is 0.846. The highest BCUT2D eigenvalue weighted by atomic mass is 32.2. The second-order valence-corrected chi connectivity index (χ2v) is 10.8. The van der Waals surface area contributed by atoms with Gasteiger partial charge in [0.15, 0.2) is 5.16 Å². The van der Waals surface area contributed by atoms with E-state index in [0.29, 0.717) is 26.8 Å². The number of rotatable bonds is 6. The Labute approximate surface area is 191 Å². The van der Waals surface area contributed by atoms with Crippen LogP contribution in [0.3, 0.4) is 0 Å². The summed E-state index contributed by atoms with van der Waals surface area (Å²) in [6.45, 7) is 11.7. The summed E-state index contributed by atoms with van der Waals surface area (Å²) >= 11 is 2.83. The van der Waals surface area contributed by atoms with Crippen molar-refractivity contribution < 1.29 is 9.53 Å². The van der Waals surface area contributed by atoms with Gasteiger partial charge in [0.25, 0.3) is 5.56 Å². The number of fused-ring (bicyclic) bond motifs is 1. The third-order valence-electron chi connectivity index (χ3n) is 4.81. The zero-order valence-corrected chi connectivity index (χ0v) is 20.7. The topological polar surface area (TPSA) is 73.2 Å². The molecule has 1 atom stereocenters. The predicted molar refractivity (Wildman–Crippen MR) is 129 cm³/mol. The van der Waals surface area contributed by atoms with Crippen molar-refractivity contribution in [3.8, 4) is 11.4 Å². The molecule has 0 aliphatic rings. The molecule has 1 N–H and O–H groups in total. The summed E-state index contributed by atoms with van der Waals surface area (Å²) in [4.78, 5) is 33.1. The molecule has 0 bridgehead atoms. The lowest BCUT2D eigenvalue weighted by Crippen LogP contribution is -2.44. The Morgan fingerprint density at radius 3 is 2.68 bits per heavy atom. The van der Waals surface area contributed by atoms with E-state index in [2.05, 4.69) is 12.2 Å². The fourth-order valence-electron chi connectivity index (χ4n) is 3.29. The molecule has 0 spiro atoms. The Kier molecular flexibility index (Phi) is 6.81. The third kappa shape index (κ3) is 4.96. The van der Waals surface area contributed by atoms with Crippen LogP contribution in [-0.2, 0) is 11.2 Å². The van der Waals surface area contributed by atoms with Gasteiger partial charge >= 0.3 is 0 Å². The normalized spacial score (nSPS) is 12.7. The average Bonchev–Trinajstić information content (AvgIpc) is 3.02. The standard InChI is InChI=1S/C23H29N3O3S2/c1-8-17-13(2)18-20(31-17)24-22(30-14(3)19(27)25-23(4,5)6)26(21(18)28)15-10-9-11-16(12-15)29-7/h9-12,14H,8H2,1-7H3,(H,25,27). The highest BCUT2D eigenvalue weighted by Crippen LogP contribution is 2.32. The van der Waals surface area contributed by atoms with Gasteiger partial charge in [-0.15, -0.1) is 11.3 Å². The van der Waals surface area contributed by atoms with Crippen LogP contribution in [0, 0.1) is 6.92 Å². The van der Waals surface area contributed by atoms with Crippen molar-refractivity contribution >= 4 is 39.2 Å². The van der Waals surface area contributed by atoms with Gasteiger partial charge in [-0.3, -0.25) is 14.2 Å². The minimum absolute atomic E-state index is 0.0966. The van der Waals surface area contributed by atoms with E-state index in [1.807, 2.05) is 52.8 Å². The van der Waals surface area contributed by atoms with Gasteiger partial charge < -0.3 is 10.1 Å². The van der Waals surface area contributed by atoms with Crippen LogP contribution in [0.15, 0.2) is 34.2 Å². The summed E-state index contributed by atoms with van der Waals surface area (Å²) in [6, 6.07) is 7.33. The van der Waals surface area contributed by atoms with E-state index < -0.39 is 5.25 Å². The molecule has 0 aliphatic carbocycles. The summed E-state index contributed by atoms with van der Waals surface area (Å²) < 4.78 is 6.95. The summed E-state index contributed by atoms with van der Waals surface area (Å²) in [5.74, 6) is 0.552. The van der Waals surface area contributed by atoms with E-state index in [4.69, 9.17) is 9.72 Å². The van der Waals surface area contributed by atoms with Crippen molar-refractivity contribution in [2.45, 2.75) is 63.9 Å². The van der Waals surface area contributed by atoms with Gasteiger partial charge in [0.2, 0.25) is 5.91 Å². The second kappa shape index (κ2) is 9.04. The molecule has 1 unspecified atom stereocenters. The summed E-state index contributed by atoms with van der Waals surface area (Å²) in [5.41, 5.74) is 1.18. The Bertz CT molecular complexity index is 1180. The first kappa shape index (κ1) is 23.3. The van der Waals surface area contributed by atoms with Gasteiger partial charge in [-0.05, 0) is 58.7 Å². The Hall–Kier alpha value is -2.32. The number of nitrogens with zero attached hydrogens (tertiary/aromatic N) is 2. The maximum Gasteiger partial charge on any atom is 0.267 e. The SMILES string of the molecule is CCc1sc2nc(SC(C)C(=O)NC(C)(C)C)n(-c3cccc(OC)c3)c(=O)c2c1C. The van der Waals surface area contributed by atoms with E-state index in [0.717, 1.165) is 16.9 Å². The summed E-state index contributed by atoms with van der Waals surface area (Å²) in [7, 11) is 1.59. The molecule has 0 aliphatic heterocycles. The average molecular weight is 460 g/mol. The van der Waals surface area contributed by atoms with E-state index in [-0.39, 0.29) is 17.0 Å². The van der Waals surface area contributed by atoms with Crippen molar-refractivity contribution in [3.05, 3.63) is 45.1 Å². The van der Waals surface area contributed by atoms with Gasteiger partial charge in [0.1, 0.15) is 10.6 Å². The van der Waals surface area contributed by atoms with Crippen molar-refractivity contribution in [2.75, 3.05) is 7.11 Å². The highest BCUT2D eigenvalue weighted by Gasteiger charge is 2.25. The number of amides is 1. The number of aryl methyl sites for hydroxylation is 2. The number of aromatic nitrogens is 2. The largest absolute Gasteiger partial charge is 0.497 e. The number of hydrogen-bond acceptors (Lipinski definition) is 6. The van der Waals surface area contributed by atoms with E-state index >= 15 is 0 Å². The zero-order chi connectivity index (χ0) is 22.9. The van der Waals surface area contributed by atoms with Gasteiger partial charge in [-0.25, -0.2) is 4.98 Å². The molecule has 1 aromatic carbocycles. The van der Waals surface area contributed by atoms with Gasteiger partial charge in [-0.1, -0.05) is 24.8 Å². The molecule has 2 heterocycles. The maximum atomic E-state index is 13.7. The van der Waals surface area contributed by atoms with Gasteiger partial charge in [0, 0.05) is 16.5 Å². The smallest absolute Gasteiger partial charge is 0.267 e. The molecular weight excluding hydrogens is 430 g/mol. The molecule has 3 rings (SSSR count). The number of carbonyl (C=O) groups excluding carboxylic acids is 1. The number of thioether (sulfide) groups is 1. The van der Waals surface area contributed by atoms with Crippen molar-refractivity contribution in [3.63, 3.8) is 0 Å². The monoisotopic (exact) mass is 459 g/mol. The minimum Gasteiger partial charge on any atom is -0.497 e. The van der Waals surface area contributed by atoms with Crippen LogP contribution in [0.1, 0.15) is 45.1 Å². The lowest BCUT2D eigenvalue weighted by Gasteiger charge is -2.23. The first-order valence-electron chi connectivity index (χ1n) is 10.2. The first-order chi connectivity index (χ1) is 14.6. The van der Waals surface area contributed by atoms with Crippen LogP contribution < -0.4 is 15.6 Å². The molecule has 8 heteroatoms. The number of benzene rings is 1. The quantitative estimate of drug-likeness (QED) is 0.426. The third-order valence-corrected chi connectivity index (χ3v) is 7.20. The Morgan fingerprint density at radius 1 is 1.35 bits per heavy atom. The molecule has 0 saturated carbocycles. The lowest BCUT2D eigenvalue weighted by molar-refractivity contribution is -0.121. The molecule has 31 heavy (non-hydrogen) atoms. The maximum absolute atomic E-state index is 13.7. The minimum atomic E-state index is -0.424. The summed E-state index contributed by atoms with van der Waals surface area (Å²) in [5, 5.41) is 3.71. The van der Waals surface area contributed by atoms with Crippen molar-refractivity contribution in [1.82, 2.24) is 14.9 Å². The number of methoxy groups -OCH3 is 1. The molecule has 166 valence electrons. The molecule has 1 amide bonds. The van der Waals surface area contributed by atoms with E-state index in [1.165, 1.54) is 11.8 Å². The van der Waals surface area contributed by atoms with Crippen molar-refractivity contribution in [1.29, 1.82) is 0 Å². The van der Waals surface area contributed by atoms with Crippen LogP contribution in [0.2, 0.25) is 0 Å². The number of nitrogens with one attached hydrogen (secondary N) is 1. The predicted octanol–water partition coefficient (Wildman–Crippen LogP) is 4.72. The molecule has 0 saturated heterocycles. The van der Waals surface area contributed by atoms with Gasteiger partial charge in [-0.2, -0.15) is 0 Å².